The summed E-state index contributed by atoms with van der Waals surface area (Å²) in [6.45, 7) is 2.66. The van der Waals surface area contributed by atoms with E-state index in [0.717, 1.165) is 22.8 Å². The zero-order valence-corrected chi connectivity index (χ0v) is 14.8. The van der Waals surface area contributed by atoms with Crippen LogP contribution in [0.3, 0.4) is 0 Å². The van der Waals surface area contributed by atoms with E-state index in [1.54, 1.807) is 11.3 Å². The Morgan fingerprint density at radius 2 is 2.08 bits per heavy atom. The van der Waals surface area contributed by atoms with E-state index in [9.17, 15) is 5.11 Å². The molecule has 5 nitrogen and oxygen atoms in total. The number of H-pyrrole nitrogens is 1. The van der Waals surface area contributed by atoms with E-state index in [1.165, 1.54) is 10.4 Å². The van der Waals surface area contributed by atoms with Gasteiger partial charge in [-0.2, -0.15) is 0 Å². The summed E-state index contributed by atoms with van der Waals surface area (Å²) in [4.78, 5) is 13.4. The number of benzene rings is 1. The minimum absolute atomic E-state index is 0. The van der Waals surface area contributed by atoms with E-state index in [2.05, 4.69) is 44.5 Å². The van der Waals surface area contributed by atoms with Gasteiger partial charge in [0.2, 0.25) is 0 Å². The molecule has 126 valence electrons. The van der Waals surface area contributed by atoms with E-state index < -0.39 is 0 Å². The Balaban J connectivity index is 0.00000169. The Kier molecular flexibility index (Phi) is 5.01. The van der Waals surface area contributed by atoms with Crippen molar-refractivity contribution in [2.75, 3.05) is 6.54 Å². The summed E-state index contributed by atoms with van der Waals surface area (Å²) in [7, 11) is 0. The number of hydrogen-bond donors (Lipinski definition) is 3. The third kappa shape index (κ3) is 3.23. The van der Waals surface area contributed by atoms with Crippen molar-refractivity contribution < 1.29 is 5.11 Å². The molecule has 0 radical (unpaired) electrons. The molecule has 0 unspecified atom stereocenters. The number of aromatic nitrogens is 3. The number of rotatable bonds is 3. The predicted molar refractivity (Wildman–Crippen MR) is 98.5 cm³/mol. The number of imidazole rings is 1. The summed E-state index contributed by atoms with van der Waals surface area (Å²) in [5.41, 5.74) is 6.21. The molecular formula is C17H19ClN4OS. The van der Waals surface area contributed by atoms with Gasteiger partial charge in [-0.05, 0) is 25.0 Å². The summed E-state index contributed by atoms with van der Waals surface area (Å²) in [6, 6.07) is 8.51. The first-order chi connectivity index (χ1) is 11.2. The quantitative estimate of drug-likeness (QED) is 0.668. The zero-order valence-electron chi connectivity index (χ0n) is 13.2. The summed E-state index contributed by atoms with van der Waals surface area (Å²) in [6.07, 6.45) is 2.28. The van der Waals surface area contributed by atoms with Gasteiger partial charge in [0.25, 0.3) is 0 Å². The lowest BCUT2D eigenvalue weighted by Crippen LogP contribution is -2.15. The number of nitrogens with zero attached hydrogens (tertiary/aromatic N) is 2. The highest BCUT2D eigenvalue weighted by molar-refractivity contribution is 7.13. The molecule has 2 atom stereocenters. The second kappa shape index (κ2) is 7.03. The maximum Gasteiger partial charge on any atom is 0.123 e. The van der Waals surface area contributed by atoms with Gasteiger partial charge in [0, 0.05) is 12.1 Å². The molecular weight excluding hydrogens is 344 g/mol. The molecule has 3 aromatic rings. The van der Waals surface area contributed by atoms with E-state index in [-0.39, 0.29) is 24.6 Å². The van der Waals surface area contributed by atoms with Gasteiger partial charge >= 0.3 is 0 Å². The number of thiazole rings is 1. The Morgan fingerprint density at radius 3 is 2.79 bits per heavy atom. The van der Waals surface area contributed by atoms with E-state index >= 15 is 0 Å². The second-order valence-electron chi connectivity index (χ2n) is 5.88. The molecule has 4 rings (SSSR count). The molecule has 0 saturated carbocycles. The molecule has 1 aliphatic rings. The zero-order chi connectivity index (χ0) is 15.8. The number of β-amino-alcohol motifs (C(OH)–C–C–N with tert-alkyl or cyclic N) is 1. The molecule has 0 spiro atoms. The molecule has 1 fully saturated rings. The Morgan fingerprint density at radius 1 is 1.25 bits per heavy atom. The Labute approximate surface area is 150 Å². The summed E-state index contributed by atoms with van der Waals surface area (Å²) >= 11 is 1.66. The van der Waals surface area contributed by atoms with Crippen molar-refractivity contribution in [2.24, 2.45) is 0 Å². The highest BCUT2D eigenvalue weighted by Crippen LogP contribution is 2.31. The minimum Gasteiger partial charge on any atom is -0.392 e. The third-order valence-electron chi connectivity index (χ3n) is 4.21. The first-order valence-corrected chi connectivity index (χ1v) is 8.56. The average Bonchev–Trinajstić information content (AvgIpc) is 3.27. The molecule has 0 amide bonds. The van der Waals surface area contributed by atoms with Crippen LogP contribution in [-0.2, 0) is 0 Å². The number of hydrogen-bond acceptors (Lipinski definition) is 5. The van der Waals surface area contributed by atoms with Gasteiger partial charge in [-0.3, -0.25) is 0 Å². The molecule has 0 bridgehead atoms. The molecule has 3 heterocycles. The van der Waals surface area contributed by atoms with Crippen LogP contribution in [0.2, 0.25) is 0 Å². The molecule has 2 aromatic heterocycles. The SMILES string of the molecule is Cc1ncsc1-c1cccc(-c2cnc([C@@H]3C[C@@H](O)CN3)[nH]2)c1.Cl. The maximum absolute atomic E-state index is 9.64. The second-order valence-corrected chi connectivity index (χ2v) is 6.73. The number of aryl methyl sites for hydroxylation is 1. The largest absolute Gasteiger partial charge is 0.392 e. The highest BCUT2D eigenvalue weighted by atomic mass is 35.5. The van der Waals surface area contributed by atoms with Crippen LogP contribution in [0, 0.1) is 6.92 Å². The highest BCUT2D eigenvalue weighted by Gasteiger charge is 2.25. The molecule has 24 heavy (non-hydrogen) atoms. The van der Waals surface area contributed by atoms with E-state index in [4.69, 9.17) is 0 Å². The molecule has 0 aliphatic carbocycles. The van der Waals surface area contributed by atoms with Gasteiger partial charge in [-0.25, -0.2) is 9.97 Å². The molecule has 1 aliphatic heterocycles. The van der Waals surface area contributed by atoms with Crippen molar-refractivity contribution in [3.8, 4) is 21.7 Å². The van der Waals surface area contributed by atoms with Crippen LogP contribution >= 0.6 is 23.7 Å². The smallest absolute Gasteiger partial charge is 0.123 e. The molecule has 3 N–H and O–H groups in total. The number of aromatic amines is 1. The summed E-state index contributed by atoms with van der Waals surface area (Å²) in [5.74, 6) is 0.885. The average molecular weight is 363 g/mol. The van der Waals surface area contributed by atoms with Crippen molar-refractivity contribution in [2.45, 2.75) is 25.5 Å². The number of halogens is 1. The first kappa shape index (κ1) is 17.1. The van der Waals surface area contributed by atoms with Gasteiger partial charge < -0.3 is 15.4 Å². The van der Waals surface area contributed by atoms with Crippen LogP contribution in [0.15, 0.2) is 36.0 Å². The monoisotopic (exact) mass is 362 g/mol. The Bertz CT molecular complexity index is 831. The normalized spacial score (nSPS) is 20.1. The third-order valence-corrected chi connectivity index (χ3v) is 5.19. The van der Waals surface area contributed by atoms with E-state index in [0.29, 0.717) is 13.0 Å². The topological polar surface area (TPSA) is 73.8 Å². The van der Waals surface area contributed by atoms with Crippen LogP contribution in [0.4, 0.5) is 0 Å². The number of nitrogens with one attached hydrogen (secondary N) is 2. The lowest BCUT2D eigenvalue weighted by Gasteiger charge is -2.06. The van der Waals surface area contributed by atoms with Gasteiger partial charge in [-0.15, -0.1) is 23.7 Å². The van der Waals surface area contributed by atoms with Crippen molar-refractivity contribution in [3.05, 3.63) is 47.5 Å². The van der Waals surface area contributed by atoms with Gasteiger partial charge in [0.15, 0.2) is 0 Å². The minimum atomic E-state index is -0.286. The fourth-order valence-electron chi connectivity index (χ4n) is 2.99. The number of aliphatic hydroxyl groups excluding tert-OH is 1. The molecule has 7 heteroatoms. The van der Waals surface area contributed by atoms with Crippen LogP contribution in [-0.4, -0.2) is 32.7 Å². The fourth-order valence-corrected chi connectivity index (χ4v) is 3.80. The van der Waals surface area contributed by atoms with Crippen molar-refractivity contribution in [1.29, 1.82) is 0 Å². The van der Waals surface area contributed by atoms with Crippen molar-refractivity contribution in [1.82, 2.24) is 20.3 Å². The lowest BCUT2D eigenvalue weighted by atomic mass is 10.1. The van der Waals surface area contributed by atoms with Crippen molar-refractivity contribution >= 4 is 23.7 Å². The van der Waals surface area contributed by atoms with Crippen LogP contribution in [0.5, 0.6) is 0 Å². The molecule has 1 aromatic carbocycles. The van der Waals surface area contributed by atoms with Crippen LogP contribution in [0.25, 0.3) is 21.7 Å². The number of aliphatic hydroxyl groups is 1. The van der Waals surface area contributed by atoms with Gasteiger partial charge in [0.1, 0.15) is 5.82 Å². The van der Waals surface area contributed by atoms with Crippen LogP contribution in [0.1, 0.15) is 24.0 Å². The summed E-state index contributed by atoms with van der Waals surface area (Å²) in [5, 5.41) is 12.9. The predicted octanol–water partition coefficient (Wildman–Crippen LogP) is 3.33. The maximum atomic E-state index is 9.64. The van der Waals surface area contributed by atoms with Crippen LogP contribution < -0.4 is 5.32 Å². The van der Waals surface area contributed by atoms with Gasteiger partial charge in [0.05, 0.1) is 40.1 Å². The Hall–Kier alpha value is -1.73. The lowest BCUT2D eigenvalue weighted by molar-refractivity contribution is 0.193. The summed E-state index contributed by atoms with van der Waals surface area (Å²) < 4.78 is 0. The van der Waals surface area contributed by atoms with E-state index in [1.807, 2.05) is 18.6 Å². The molecule has 1 saturated heterocycles. The standard InChI is InChI=1S/C17H18N4OS.ClH/c1-10-16(23-9-20-10)12-4-2-3-11(5-12)15-8-19-17(21-15)14-6-13(22)7-18-14;/h2-5,8-9,13-14,18,22H,6-7H2,1H3,(H,19,21);1H/t13-,14+;/m1./s1. The first-order valence-electron chi connectivity index (χ1n) is 7.68. The van der Waals surface area contributed by atoms with Gasteiger partial charge in [-0.1, -0.05) is 18.2 Å². The fraction of sp³-hybridized carbons (Fsp3) is 0.294. The van der Waals surface area contributed by atoms with Crippen molar-refractivity contribution in [3.63, 3.8) is 0 Å².